The van der Waals surface area contributed by atoms with Gasteiger partial charge in [-0.05, 0) is 50.3 Å². The molecule has 0 saturated carbocycles. The minimum absolute atomic E-state index is 0.119. The van der Waals surface area contributed by atoms with E-state index in [0.29, 0.717) is 23.1 Å². The minimum atomic E-state index is -3.58. The van der Waals surface area contributed by atoms with Crippen LogP contribution < -0.4 is 15.4 Å². The summed E-state index contributed by atoms with van der Waals surface area (Å²) in [4.78, 5) is 22.7. The summed E-state index contributed by atoms with van der Waals surface area (Å²) in [5, 5.41) is 5.15. The standard InChI is InChI=1S/C25H32ClN7O3S/c1-15-12-31(14-19(15)27)24-16(2)13-33-23(28-24)11-21(29-33)22-6-4-5-9-32(22)25(34)18-10-17(26)7-8-20(18)30-37(3,35)36/h7-8,10-11,13,15,19,22,30H,4-6,9,12,14,27H2,1-3H3/t15-,19+,22-/m0/s1. The highest BCUT2D eigenvalue weighted by Crippen LogP contribution is 2.34. The lowest BCUT2D eigenvalue weighted by molar-refractivity contribution is 0.0607. The molecule has 5 rings (SSSR count). The number of carbonyl (C=O) groups excluding carboxylic acids is 1. The summed E-state index contributed by atoms with van der Waals surface area (Å²) in [5.41, 5.74) is 9.14. The molecule has 1 aromatic carbocycles. The fourth-order valence-electron chi connectivity index (χ4n) is 5.29. The number of likely N-dealkylation sites (tertiary alicyclic amines) is 1. The van der Waals surface area contributed by atoms with Crippen LogP contribution in [0.4, 0.5) is 11.5 Å². The van der Waals surface area contributed by atoms with Crippen LogP contribution in [0.3, 0.4) is 0 Å². The number of nitrogens with two attached hydrogens (primary N) is 1. The number of sulfonamides is 1. The van der Waals surface area contributed by atoms with E-state index in [4.69, 9.17) is 27.4 Å². The van der Waals surface area contributed by atoms with Crippen LogP contribution in [0.1, 0.15) is 53.8 Å². The fraction of sp³-hybridized carbons (Fsp3) is 0.480. The highest BCUT2D eigenvalue weighted by molar-refractivity contribution is 7.92. The molecule has 3 atom stereocenters. The third-order valence-electron chi connectivity index (χ3n) is 7.21. The Morgan fingerprint density at radius 3 is 2.70 bits per heavy atom. The molecule has 4 heterocycles. The fourth-order valence-corrected chi connectivity index (χ4v) is 6.04. The molecule has 2 aliphatic heterocycles. The smallest absolute Gasteiger partial charge is 0.256 e. The summed E-state index contributed by atoms with van der Waals surface area (Å²) < 4.78 is 28.0. The van der Waals surface area contributed by atoms with Gasteiger partial charge in [0.25, 0.3) is 5.91 Å². The topological polar surface area (TPSA) is 126 Å². The first kappa shape index (κ1) is 25.7. The number of hydrogen-bond acceptors (Lipinski definition) is 7. The molecular formula is C25H32ClN7O3S. The average Bonchev–Trinajstić information content (AvgIpc) is 3.40. The van der Waals surface area contributed by atoms with Gasteiger partial charge in [0.05, 0.1) is 29.2 Å². The summed E-state index contributed by atoms with van der Waals surface area (Å²) in [6.45, 7) is 6.33. The van der Waals surface area contributed by atoms with Crippen LogP contribution >= 0.6 is 11.6 Å². The number of amides is 1. The lowest BCUT2D eigenvalue weighted by atomic mass is 9.98. The Labute approximate surface area is 221 Å². The predicted octanol–water partition coefficient (Wildman–Crippen LogP) is 3.21. The molecule has 12 heteroatoms. The Morgan fingerprint density at radius 2 is 2.00 bits per heavy atom. The molecule has 2 saturated heterocycles. The zero-order valence-electron chi connectivity index (χ0n) is 21.2. The molecule has 2 aromatic heterocycles. The Bertz CT molecular complexity index is 1450. The Morgan fingerprint density at radius 1 is 1.22 bits per heavy atom. The predicted molar refractivity (Wildman–Crippen MR) is 145 cm³/mol. The summed E-state index contributed by atoms with van der Waals surface area (Å²) in [5.74, 6) is 1.01. The van der Waals surface area contributed by atoms with Gasteiger partial charge < -0.3 is 15.5 Å². The lowest BCUT2D eigenvalue weighted by Gasteiger charge is -2.35. The maximum absolute atomic E-state index is 13.8. The van der Waals surface area contributed by atoms with Crippen molar-refractivity contribution in [1.29, 1.82) is 0 Å². The molecule has 0 aliphatic carbocycles. The first-order valence-electron chi connectivity index (χ1n) is 12.5. The summed E-state index contributed by atoms with van der Waals surface area (Å²) >= 11 is 6.20. The molecule has 1 amide bonds. The number of aryl methyl sites for hydroxylation is 1. The zero-order valence-corrected chi connectivity index (χ0v) is 22.8. The summed E-state index contributed by atoms with van der Waals surface area (Å²) in [6.07, 6.45) is 5.56. The Balaban J connectivity index is 1.48. The normalized spacial score (nSPS) is 22.6. The second-order valence-electron chi connectivity index (χ2n) is 10.2. The highest BCUT2D eigenvalue weighted by Gasteiger charge is 2.33. The van der Waals surface area contributed by atoms with Gasteiger partial charge in [-0.15, -0.1) is 0 Å². The van der Waals surface area contributed by atoms with Gasteiger partial charge in [-0.2, -0.15) is 5.10 Å². The number of aromatic nitrogens is 3. The lowest BCUT2D eigenvalue weighted by Crippen LogP contribution is -2.39. The van der Waals surface area contributed by atoms with E-state index < -0.39 is 10.0 Å². The molecule has 2 aliphatic rings. The molecular weight excluding hydrogens is 514 g/mol. The van der Waals surface area contributed by atoms with E-state index in [1.54, 1.807) is 15.5 Å². The number of anilines is 2. The number of carbonyl (C=O) groups is 1. The van der Waals surface area contributed by atoms with E-state index >= 15 is 0 Å². The number of halogens is 1. The molecule has 2 fully saturated rings. The van der Waals surface area contributed by atoms with E-state index in [1.807, 2.05) is 19.2 Å². The van der Waals surface area contributed by atoms with Gasteiger partial charge >= 0.3 is 0 Å². The number of nitrogens with zero attached hydrogens (tertiary/aromatic N) is 5. The van der Waals surface area contributed by atoms with Crippen LogP contribution in [0.2, 0.25) is 5.02 Å². The molecule has 198 valence electrons. The average molecular weight is 546 g/mol. The van der Waals surface area contributed by atoms with Gasteiger partial charge in [-0.1, -0.05) is 18.5 Å². The zero-order chi connectivity index (χ0) is 26.5. The van der Waals surface area contributed by atoms with Crippen LogP contribution in [0.15, 0.2) is 30.5 Å². The molecule has 37 heavy (non-hydrogen) atoms. The second-order valence-corrected chi connectivity index (χ2v) is 12.4. The molecule has 3 aromatic rings. The van der Waals surface area contributed by atoms with Crippen LogP contribution in [0.5, 0.6) is 0 Å². The molecule has 0 spiro atoms. The third kappa shape index (κ3) is 5.25. The van der Waals surface area contributed by atoms with Crippen LogP contribution in [0, 0.1) is 12.8 Å². The van der Waals surface area contributed by atoms with Gasteiger partial charge in [0.2, 0.25) is 10.0 Å². The van der Waals surface area contributed by atoms with Crippen molar-refractivity contribution in [3.63, 3.8) is 0 Å². The van der Waals surface area contributed by atoms with Crippen LogP contribution in [0.25, 0.3) is 5.65 Å². The number of benzene rings is 1. The van der Waals surface area contributed by atoms with Crippen molar-refractivity contribution in [1.82, 2.24) is 19.5 Å². The van der Waals surface area contributed by atoms with Gasteiger partial charge in [0.1, 0.15) is 5.82 Å². The molecule has 0 bridgehead atoms. The van der Waals surface area contributed by atoms with E-state index in [1.165, 1.54) is 12.1 Å². The van der Waals surface area contributed by atoms with Gasteiger partial charge in [0, 0.05) is 48.5 Å². The largest absolute Gasteiger partial charge is 0.354 e. The minimum Gasteiger partial charge on any atom is -0.354 e. The van der Waals surface area contributed by atoms with Gasteiger partial charge in [-0.3, -0.25) is 9.52 Å². The number of fused-ring (bicyclic) bond motifs is 1. The van der Waals surface area contributed by atoms with Crippen molar-refractivity contribution >= 4 is 44.7 Å². The maximum atomic E-state index is 13.8. The Kier molecular flexibility index (Phi) is 6.80. The van der Waals surface area contributed by atoms with Gasteiger partial charge in [-0.25, -0.2) is 17.9 Å². The van der Waals surface area contributed by atoms with Crippen molar-refractivity contribution < 1.29 is 13.2 Å². The summed E-state index contributed by atoms with van der Waals surface area (Å²) in [7, 11) is -3.58. The van der Waals surface area contributed by atoms with Crippen molar-refractivity contribution in [2.75, 3.05) is 35.5 Å². The van der Waals surface area contributed by atoms with Crippen molar-refractivity contribution in [2.45, 2.75) is 45.2 Å². The van der Waals surface area contributed by atoms with Crippen LogP contribution in [-0.4, -0.2) is 65.8 Å². The second kappa shape index (κ2) is 9.77. The molecule has 0 unspecified atom stereocenters. The first-order chi connectivity index (χ1) is 17.5. The monoisotopic (exact) mass is 545 g/mol. The van der Waals surface area contributed by atoms with E-state index in [-0.39, 0.29) is 29.2 Å². The number of piperidine rings is 1. The van der Waals surface area contributed by atoms with Crippen molar-refractivity contribution in [3.8, 4) is 0 Å². The van der Waals surface area contributed by atoms with E-state index in [9.17, 15) is 13.2 Å². The summed E-state index contributed by atoms with van der Waals surface area (Å²) in [6, 6.07) is 6.37. The van der Waals surface area contributed by atoms with E-state index in [0.717, 1.165) is 55.7 Å². The highest BCUT2D eigenvalue weighted by atomic mass is 35.5. The maximum Gasteiger partial charge on any atom is 0.256 e. The van der Waals surface area contributed by atoms with Crippen molar-refractivity contribution in [2.24, 2.45) is 11.7 Å². The van der Waals surface area contributed by atoms with Crippen molar-refractivity contribution in [3.05, 3.63) is 52.3 Å². The quantitative estimate of drug-likeness (QED) is 0.504. The molecule has 3 N–H and O–H groups in total. The van der Waals surface area contributed by atoms with Crippen LogP contribution in [-0.2, 0) is 10.0 Å². The first-order valence-corrected chi connectivity index (χ1v) is 14.7. The molecule has 0 radical (unpaired) electrons. The SMILES string of the molecule is Cc1cn2nc([C@@H]3CCCCN3C(=O)c3cc(Cl)ccc3NS(C)(=O)=O)cc2nc1N1C[C@@H](N)[C@@H](C)C1. The third-order valence-corrected chi connectivity index (χ3v) is 8.03. The number of hydrogen-bond donors (Lipinski definition) is 2. The number of nitrogens with one attached hydrogen (secondary N) is 1. The Hall–Kier alpha value is -2.89. The molecule has 10 nitrogen and oxygen atoms in total. The van der Waals surface area contributed by atoms with E-state index in [2.05, 4.69) is 16.5 Å². The number of rotatable bonds is 5. The van der Waals surface area contributed by atoms with Gasteiger partial charge in [0.15, 0.2) is 5.65 Å².